The number of alkyl halides is 3. The fourth-order valence-electron chi connectivity index (χ4n) is 1.40. The lowest BCUT2D eigenvalue weighted by Crippen LogP contribution is -2.09. The van der Waals surface area contributed by atoms with Crippen molar-refractivity contribution in [3.63, 3.8) is 0 Å². The molecule has 0 aliphatic rings. The van der Waals surface area contributed by atoms with Crippen LogP contribution < -0.4 is 0 Å². The maximum Gasteiger partial charge on any atom is 0.416 e. The van der Waals surface area contributed by atoms with Crippen molar-refractivity contribution in [1.82, 2.24) is 0 Å². The van der Waals surface area contributed by atoms with Crippen molar-refractivity contribution in [3.8, 4) is 0 Å². The molecule has 78 valence electrons. The van der Waals surface area contributed by atoms with E-state index in [2.05, 4.69) is 0 Å². The summed E-state index contributed by atoms with van der Waals surface area (Å²) in [5.41, 5.74) is -0.368. The molecule has 0 heterocycles. The summed E-state index contributed by atoms with van der Waals surface area (Å²) >= 11 is 0. The number of aryl methyl sites for hydroxylation is 1. The molecule has 1 aromatic rings. The number of hydrogen-bond acceptors (Lipinski definition) is 0. The molecule has 0 saturated heterocycles. The lowest BCUT2D eigenvalue weighted by molar-refractivity contribution is -0.138. The fraction of sp³-hybridized carbons (Fsp3) is 0.400. The Morgan fingerprint density at radius 3 is 2.21 bits per heavy atom. The molecule has 0 bridgehead atoms. The zero-order chi connectivity index (χ0) is 10.9. The summed E-state index contributed by atoms with van der Waals surface area (Å²) in [6, 6.07) is 1.68. The molecule has 0 aliphatic heterocycles. The van der Waals surface area contributed by atoms with Crippen molar-refractivity contribution in [2.45, 2.75) is 26.4 Å². The van der Waals surface area contributed by atoms with Gasteiger partial charge in [-0.3, -0.25) is 0 Å². The van der Waals surface area contributed by atoms with Gasteiger partial charge >= 0.3 is 6.18 Å². The standard InChI is InChI=1S/C10H10F4/c1-3-7-4-8(11)5-9(6(7)2)10(12,13)14/h4-5H,3H2,1-2H3. The highest BCUT2D eigenvalue weighted by molar-refractivity contribution is 5.36. The van der Waals surface area contributed by atoms with Crippen LogP contribution in [0.1, 0.15) is 23.6 Å². The second-order valence-electron chi connectivity index (χ2n) is 3.09. The quantitative estimate of drug-likeness (QED) is 0.614. The van der Waals surface area contributed by atoms with Gasteiger partial charge in [0.1, 0.15) is 5.82 Å². The van der Waals surface area contributed by atoms with E-state index < -0.39 is 17.6 Å². The van der Waals surface area contributed by atoms with Crippen LogP contribution in [0.15, 0.2) is 12.1 Å². The molecular weight excluding hydrogens is 196 g/mol. The van der Waals surface area contributed by atoms with Gasteiger partial charge in [0.2, 0.25) is 0 Å². The Bertz CT molecular complexity index is 339. The molecule has 14 heavy (non-hydrogen) atoms. The molecule has 0 saturated carbocycles. The second-order valence-corrected chi connectivity index (χ2v) is 3.09. The van der Waals surface area contributed by atoms with E-state index in [1.165, 1.54) is 6.92 Å². The number of benzene rings is 1. The van der Waals surface area contributed by atoms with Gasteiger partial charge in [-0.1, -0.05) is 6.92 Å². The van der Waals surface area contributed by atoms with Crippen molar-refractivity contribution in [3.05, 3.63) is 34.6 Å². The molecule has 0 aromatic heterocycles. The van der Waals surface area contributed by atoms with Crippen molar-refractivity contribution in [2.24, 2.45) is 0 Å². The van der Waals surface area contributed by atoms with E-state index in [0.29, 0.717) is 18.1 Å². The Morgan fingerprint density at radius 2 is 1.79 bits per heavy atom. The fourth-order valence-corrected chi connectivity index (χ4v) is 1.40. The van der Waals surface area contributed by atoms with Crippen LogP contribution in [0.25, 0.3) is 0 Å². The van der Waals surface area contributed by atoms with Gasteiger partial charge in [0.05, 0.1) is 5.56 Å². The van der Waals surface area contributed by atoms with Crippen molar-refractivity contribution >= 4 is 0 Å². The summed E-state index contributed by atoms with van der Waals surface area (Å²) in [4.78, 5) is 0. The summed E-state index contributed by atoms with van der Waals surface area (Å²) in [7, 11) is 0. The minimum Gasteiger partial charge on any atom is -0.207 e. The highest BCUT2D eigenvalue weighted by Crippen LogP contribution is 2.33. The first kappa shape index (κ1) is 11.0. The lowest BCUT2D eigenvalue weighted by Gasteiger charge is -2.13. The van der Waals surface area contributed by atoms with Crippen LogP contribution >= 0.6 is 0 Å². The zero-order valence-electron chi connectivity index (χ0n) is 7.87. The number of halogens is 4. The molecule has 0 aliphatic carbocycles. The predicted molar refractivity (Wildman–Crippen MR) is 45.5 cm³/mol. The van der Waals surface area contributed by atoms with Gasteiger partial charge in [-0.25, -0.2) is 4.39 Å². The average Bonchev–Trinajstić information content (AvgIpc) is 2.06. The first-order valence-electron chi connectivity index (χ1n) is 4.22. The smallest absolute Gasteiger partial charge is 0.207 e. The molecule has 1 aromatic carbocycles. The summed E-state index contributed by atoms with van der Waals surface area (Å²) in [5, 5.41) is 0. The van der Waals surface area contributed by atoms with Crippen LogP contribution in [0.5, 0.6) is 0 Å². The normalized spacial score (nSPS) is 11.9. The lowest BCUT2D eigenvalue weighted by atomic mass is 10.00. The molecular formula is C10H10F4. The van der Waals surface area contributed by atoms with Gasteiger partial charge in [-0.05, 0) is 36.6 Å². The molecule has 0 unspecified atom stereocenters. The molecule has 1 rings (SSSR count). The van der Waals surface area contributed by atoms with Gasteiger partial charge in [0, 0.05) is 0 Å². The Labute approximate surface area is 79.6 Å². The Kier molecular flexibility index (Phi) is 2.83. The van der Waals surface area contributed by atoms with E-state index in [-0.39, 0.29) is 5.56 Å². The van der Waals surface area contributed by atoms with Crippen LogP contribution in [-0.4, -0.2) is 0 Å². The third-order valence-electron chi connectivity index (χ3n) is 2.17. The average molecular weight is 206 g/mol. The minimum absolute atomic E-state index is 0.112. The first-order valence-corrected chi connectivity index (χ1v) is 4.22. The van der Waals surface area contributed by atoms with Gasteiger partial charge < -0.3 is 0 Å². The van der Waals surface area contributed by atoms with Crippen LogP contribution in [0, 0.1) is 12.7 Å². The number of rotatable bonds is 1. The Balaban J connectivity index is 3.37. The molecule has 0 amide bonds. The van der Waals surface area contributed by atoms with Gasteiger partial charge in [0.25, 0.3) is 0 Å². The van der Waals surface area contributed by atoms with Gasteiger partial charge in [-0.15, -0.1) is 0 Å². The van der Waals surface area contributed by atoms with Crippen molar-refractivity contribution in [1.29, 1.82) is 0 Å². The van der Waals surface area contributed by atoms with E-state index >= 15 is 0 Å². The van der Waals surface area contributed by atoms with Gasteiger partial charge in [-0.2, -0.15) is 13.2 Å². The molecule has 0 radical (unpaired) electrons. The third kappa shape index (κ3) is 2.05. The SMILES string of the molecule is CCc1cc(F)cc(C(F)(F)F)c1C. The van der Waals surface area contributed by atoms with Crippen LogP contribution in [0.4, 0.5) is 17.6 Å². The van der Waals surface area contributed by atoms with E-state index in [9.17, 15) is 17.6 Å². The highest BCUT2D eigenvalue weighted by Gasteiger charge is 2.33. The predicted octanol–water partition coefficient (Wildman–Crippen LogP) is 3.72. The van der Waals surface area contributed by atoms with E-state index in [0.717, 1.165) is 6.07 Å². The molecule has 0 nitrogen and oxygen atoms in total. The summed E-state index contributed by atoms with van der Waals surface area (Å²) in [6.45, 7) is 3.06. The molecule has 4 heteroatoms. The molecule has 0 N–H and O–H groups in total. The largest absolute Gasteiger partial charge is 0.416 e. The van der Waals surface area contributed by atoms with Gasteiger partial charge in [0.15, 0.2) is 0 Å². The molecule has 0 atom stereocenters. The Hall–Kier alpha value is -1.06. The minimum atomic E-state index is -4.48. The molecule has 0 fully saturated rings. The van der Waals surface area contributed by atoms with E-state index in [1.54, 1.807) is 6.92 Å². The third-order valence-corrected chi connectivity index (χ3v) is 2.17. The van der Waals surface area contributed by atoms with Crippen molar-refractivity contribution < 1.29 is 17.6 Å². The maximum atomic E-state index is 12.8. The summed E-state index contributed by atoms with van der Waals surface area (Å²) in [5.74, 6) is -0.834. The van der Waals surface area contributed by atoms with Crippen LogP contribution in [0.2, 0.25) is 0 Å². The summed E-state index contributed by atoms with van der Waals surface area (Å²) in [6.07, 6.45) is -4.08. The van der Waals surface area contributed by atoms with Crippen molar-refractivity contribution in [2.75, 3.05) is 0 Å². The van der Waals surface area contributed by atoms with Crippen LogP contribution in [-0.2, 0) is 12.6 Å². The topological polar surface area (TPSA) is 0 Å². The monoisotopic (exact) mass is 206 g/mol. The zero-order valence-corrected chi connectivity index (χ0v) is 7.87. The Morgan fingerprint density at radius 1 is 1.21 bits per heavy atom. The summed E-state index contributed by atoms with van der Waals surface area (Å²) < 4.78 is 50.0. The first-order chi connectivity index (χ1) is 6.36. The van der Waals surface area contributed by atoms with E-state index in [1.807, 2.05) is 0 Å². The molecule has 0 spiro atoms. The maximum absolute atomic E-state index is 12.8. The number of hydrogen-bond donors (Lipinski definition) is 0. The second kappa shape index (κ2) is 3.59. The highest BCUT2D eigenvalue weighted by atomic mass is 19.4. The van der Waals surface area contributed by atoms with E-state index in [4.69, 9.17) is 0 Å². The van der Waals surface area contributed by atoms with Crippen LogP contribution in [0.3, 0.4) is 0 Å².